The summed E-state index contributed by atoms with van der Waals surface area (Å²) in [5, 5.41) is 4.63. The molecule has 9 aromatic rings. The van der Waals surface area contributed by atoms with Gasteiger partial charge in [-0.3, -0.25) is 4.57 Å². The highest BCUT2D eigenvalue weighted by atomic mass is 15.2. The number of benzene rings is 6. The predicted molar refractivity (Wildman–Crippen MR) is 212 cm³/mol. The summed E-state index contributed by atoms with van der Waals surface area (Å²) in [5.41, 5.74) is 9.55. The number of aromatic nitrogens is 5. The first-order valence-corrected chi connectivity index (χ1v) is 17.1. The molecule has 0 saturated heterocycles. The van der Waals surface area contributed by atoms with Crippen molar-refractivity contribution in [2.45, 2.75) is 6.92 Å². The molecule has 0 aliphatic carbocycles. The van der Waals surface area contributed by atoms with Gasteiger partial charge in [-0.15, -0.1) is 0 Å². The summed E-state index contributed by atoms with van der Waals surface area (Å²) in [4.78, 5) is 15.5. The first kappa shape index (κ1) is 30.2. The van der Waals surface area contributed by atoms with Crippen LogP contribution in [0, 0.1) is 0 Å². The van der Waals surface area contributed by atoms with Gasteiger partial charge < -0.3 is 4.57 Å². The molecule has 0 radical (unpaired) electrons. The van der Waals surface area contributed by atoms with Gasteiger partial charge in [0.25, 0.3) is 0 Å². The van der Waals surface area contributed by atoms with Crippen LogP contribution in [0.3, 0.4) is 0 Å². The molecule has 0 saturated carbocycles. The number of rotatable bonds is 7. The standard InChI is InChI=1S/C46H33N5/c1-3-4-7-16-31(2)44-47-45(34-27-25-33(26-28-34)32-17-8-5-9-18-32)49-46(48-44)51-41-24-15-13-22-37(41)39-30-29-38-36-21-12-14-23-40(36)50(42(38)43(39)51)35-19-10-6-11-20-35/h3-30H,1H2,2H3/b7-4-,31-16+. The van der Waals surface area contributed by atoms with Crippen molar-refractivity contribution in [1.82, 2.24) is 24.1 Å². The van der Waals surface area contributed by atoms with Gasteiger partial charge in [0.1, 0.15) is 0 Å². The van der Waals surface area contributed by atoms with Gasteiger partial charge in [-0.05, 0) is 47.9 Å². The first-order valence-electron chi connectivity index (χ1n) is 17.1. The SMILES string of the molecule is C=C/C=C\C=C(/C)c1nc(-c2ccc(-c3ccccc3)cc2)nc(-n2c3ccccc3c3ccc4c5ccccc5n(-c5ccccc5)c4c32)n1. The van der Waals surface area contributed by atoms with E-state index < -0.39 is 0 Å². The van der Waals surface area contributed by atoms with Crippen molar-refractivity contribution in [3.8, 4) is 34.2 Å². The molecule has 0 fully saturated rings. The summed E-state index contributed by atoms with van der Waals surface area (Å²) < 4.78 is 4.60. The molecule has 3 aromatic heterocycles. The Morgan fingerprint density at radius 1 is 0.510 bits per heavy atom. The minimum absolute atomic E-state index is 0.561. The van der Waals surface area contributed by atoms with Gasteiger partial charge in [0.2, 0.25) is 5.95 Å². The predicted octanol–water partition coefficient (Wildman–Crippen LogP) is 11.5. The largest absolute Gasteiger partial charge is 0.307 e. The smallest absolute Gasteiger partial charge is 0.238 e. The maximum Gasteiger partial charge on any atom is 0.238 e. The van der Waals surface area contributed by atoms with Gasteiger partial charge in [-0.1, -0.05) is 152 Å². The quantitative estimate of drug-likeness (QED) is 0.161. The third kappa shape index (κ3) is 5.15. The fourth-order valence-electron chi connectivity index (χ4n) is 7.12. The molecular weight excluding hydrogens is 623 g/mol. The van der Waals surface area contributed by atoms with Crippen LogP contribution in [-0.2, 0) is 0 Å². The van der Waals surface area contributed by atoms with Crippen molar-refractivity contribution in [2.75, 3.05) is 0 Å². The van der Waals surface area contributed by atoms with Crippen molar-refractivity contribution in [3.63, 3.8) is 0 Å². The lowest BCUT2D eigenvalue weighted by atomic mass is 10.0. The zero-order valence-corrected chi connectivity index (χ0v) is 28.1. The second-order valence-corrected chi connectivity index (χ2v) is 12.6. The van der Waals surface area contributed by atoms with Crippen LogP contribution in [0.4, 0.5) is 0 Å². The number of nitrogens with zero attached hydrogens (tertiary/aromatic N) is 5. The van der Waals surface area contributed by atoms with Crippen LogP contribution in [0.25, 0.3) is 83.3 Å². The summed E-state index contributed by atoms with van der Waals surface area (Å²) in [6.07, 6.45) is 7.64. The Bertz CT molecular complexity index is 2800. The van der Waals surface area contributed by atoms with E-state index in [4.69, 9.17) is 15.0 Å². The summed E-state index contributed by atoms with van der Waals surface area (Å²) in [6, 6.07) is 51.1. The van der Waals surface area contributed by atoms with Gasteiger partial charge >= 0.3 is 0 Å². The maximum atomic E-state index is 5.26. The highest BCUT2D eigenvalue weighted by Gasteiger charge is 2.23. The topological polar surface area (TPSA) is 48.5 Å². The number of para-hydroxylation sites is 3. The summed E-state index contributed by atoms with van der Waals surface area (Å²) >= 11 is 0. The fraction of sp³-hybridized carbons (Fsp3) is 0.0217. The Morgan fingerprint density at radius 2 is 1.06 bits per heavy atom. The Kier molecular flexibility index (Phi) is 7.44. The molecule has 0 aliphatic rings. The minimum Gasteiger partial charge on any atom is -0.307 e. The third-order valence-corrected chi connectivity index (χ3v) is 9.50. The normalized spacial score (nSPS) is 12.1. The van der Waals surface area contributed by atoms with E-state index in [1.54, 1.807) is 6.08 Å². The van der Waals surface area contributed by atoms with E-state index in [1.165, 1.54) is 10.8 Å². The molecule has 6 aromatic carbocycles. The van der Waals surface area contributed by atoms with Gasteiger partial charge in [0.15, 0.2) is 11.6 Å². The first-order chi connectivity index (χ1) is 25.2. The molecule has 3 heterocycles. The molecule has 5 heteroatoms. The number of hydrogen-bond donors (Lipinski definition) is 0. The van der Waals surface area contributed by atoms with E-state index in [1.807, 2.05) is 31.2 Å². The van der Waals surface area contributed by atoms with Crippen LogP contribution in [0.15, 0.2) is 176 Å². The van der Waals surface area contributed by atoms with Crippen molar-refractivity contribution in [2.24, 2.45) is 0 Å². The molecule has 5 nitrogen and oxygen atoms in total. The fourth-order valence-corrected chi connectivity index (χ4v) is 7.12. The highest BCUT2D eigenvalue weighted by molar-refractivity contribution is 6.23. The molecular formula is C46H33N5. The van der Waals surface area contributed by atoms with E-state index in [0.29, 0.717) is 17.6 Å². The van der Waals surface area contributed by atoms with Crippen LogP contribution in [0.1, 0.15) is 12.7 Å². The average molecular weight is 656 g/mol. The number of fused-ring (bicyclic) bond motifs is 7. The van der Waals surface area contributed by atoms with Crippen LogP contribution < -0.4 is 0 Å². The molecule has 242 valence electrons. The van der Waals surface area contributed by atoms with Gasteiger partial charge in [0, 0.05) is 32.8 Å². The molecule has 0 aliphatic heterocycles. The molecule has 0 bridgehead atoms. The van der Waals surface area contributed by atoms with Gasteiger partial charge in [-0.2, -0.15) is 9.97 Å². The highest BCUT2D eigenvalue weighted by Crippen LogP contribution is 2.41. The van der Waals surface area contributed by atoms with Gasteiger partial charge in [-0.25, -0.2) is 4.98 Å². The van der Waals surface area contributed by atoms with Crippen molar-refractivity contribution in [3.05, 3.63) is 182 Å². The number of hydrogen-bond acceptors (Lipinski definition) is 3. The summed E-state index contributed by atoms with van der Waals surface area (Å²) in [6.45, 7) is 5.86. The van der Waals surface area contributed by atoms with Gasteiger partial charge in [0.05, 0.1) is 22.1 Å². The van der Waals surface area contributed by atoms with E-state index in [2.05, 4.69) is 155 Å². The number of allylic oxidation sites excluding steroid dienone is 5. The Labute approximate surface area is 295 Å². The second kappa shape index (κ2) is 12.6. The molecule has 0 unspecified atom stereocenters. The van der Waals surface area contributed by atoms with Crippen LogP contribution in [0.5, 0.6) is 0 Å². The van der Waals surface area contributed by atoms with Crippen molar-refractivity contribution >= 4 is 49.2 Å². The third-order valence-electron chi connectivity index (χ3n) is 9.50. The van der Waals surface area contributed by atoms with E-state index >= 15 is 0 Å². The minimum atomic E-state index is 0.561. The Hall–Kier alpha value is -6.85. The summed E-state index contributed by atoms with van der Waals surface area (Å²) in [7, 11) is 0. The van der Waals surface area contributed by atoms with E-state index in [-0.39, 0.29) is 0 Å². The van der Waals surface area contributed by atoms with E-state index in [0.717, 1.165) is 60.8 Å². The molecule has 0 N–H and O–H groups in total. The average Bonchev–Trinajstić information content (AvgIpc) is 3.72. The summed E-state index contributed by atoms with van der Waals surface area (Å²) in [5.74, 6) is 1.78. The van der Waals surface area contributed by atoms with Crippen molar-refractivity contribution in [1.29, 1.82) is 0 Å². The van der Waals surface area contributed by atoms with Crippen LogP contribution in [-0.4, -0.2) is 24.1 Å². The Morgan fingerprint density at radius 3 is 1.73 bits per heavy atom. The molecule has 0 amide bonds. The zero-order chi connectivity index (χ0) is 34.3. The second-order valence-electron chi connectivity index (χ2n) is 12.6. The van der Waals surface area contributed by atoms with Crippen molar-refractivity contribution < 1.29 is 0 Å². The van der Waals surface area contributed by atoms with Crippen LogP contribution in [0.2, 0.25) is 0 Å². The Balaban J connectivity index is 1.37. The maximum absolute atomic E-state index is 5.26. The zero-order valence-electron chi connectivity index (χ0n) is 28.1. The lowest BCUT2D eigenvalue weighted by Gasteiger charge is -2.13. The van der Waals surface area contributed by atoms with E-state index in [9.17, 15) is 0 Å². The lowest BCUT2D eigenvalue weighted by Crippen LogP contribution is -2.08. The molecule has 0 atom stereocenters. The lowest BCUT2D eigenvalue weighted by molar-refractivity contribution is 0.930. The van der Waals surface area contributed by atoms with Crippen LogP contribution >= 0.6 is 0 Å². The molecule has 9 rings (SSSR count). The molecule has 51 heavy (non-hydrogen) atoms. The monoisotopic (exact) mass is 655 g/mol. The molecule has 0 spiro atoms.